The highest BCUT2D eigenvalue weighted by atomic mass is 32.1. The van der Waals surface area contributed by atoms with Gasteiger partial charge < -0.3 is 4.90 Å². The first-order chi connectivity index (χ1) is 9.76. The number of hydrogen-bond acceptors (Lipinski definition) is 4. The topological polar surface area (TPSA) is 51.0 Å². The van der Waals surface area contributed by atoms with Gasteiger partial charge in [0.2, 0.25) is 5.91 Å². The molecule has 1 aromatic carbocycles. The molecule has 20 heavy (non-hydrogen) atoms. The fraction of sp³-hybridized carbons (Fsp3) is 0.357. The Bertz CT molecular complexity index is 599. The van der Waals surface area contributed by atoms with Crippen LogP contribution in [0.1, 0.15) is 12.0 Å². The molecule has 1 aliphatic rings. The van der Waals surface area contributed by atoms with Crippen molar-refractivity contribution < 1.29 is 4.79 Å². The summed E-state index contributed by atoms with van der Waals surface area (Å²) in [5, 5.41) is 4.09. The predicted octanol–water partition coefficient (Wildman–Crippen LogP) is 1.61. The Balaban J connectivity index is 1.79. The molecule has 2 aromatic rings. The van der Waals surface area contributed by atoms with Crippen LogP contribution in [0, 0.1) is 5.92 Å². The molecule has 0 bridgehead atoms. The number of carbonyl (C=O) groups is 1. The van der Waals surface area contributed by atoms with Crippen molar-refractivity contribution >= 4 is 24.2 Å². The lowest BCUT2D eigenvalue weighted by atomic mass is 10.1. The van der Waals surface area contributed by atoms with Crippen molar-refractivity contribution in [2.75, 3.05) is 17.2 Å². The third-order valence-electron chi connectivity index (χ3n) is 3.50. The summed E-state index contributed by atoms with van der Waals surface area (Å²) < 4.78 is 1.77. The third-order valence-corrected chi connectivity index (χ3v) is 4.01. The van der Waals surface area contributed by atoms with Crippen LogP contribution in [0.15, 0.2) is 36.9 Å². The molecule has 1 aromatic heterocycles. The lowest BCUT2D eigenvalue weighted by Gasteiger charge is -2.17. The quantitative estimate of drug-likeness (QED) is 0.870. The molecule has 1 unspecified atom stereocenters. The molecular formula is C14H16N4OS. The molecule has 0 spiro atoms. The minimum atomic E-state index is 0.182. The van der Waals surface area contributed by atoms with Crippen molar-refractivity contribution in [3.63, 3.8) is 0 Å². The second kappa shape index (κ2) is 5.66. The Morgan fingerprint density at radius 1 is 1.40 bits per heavy atom. The fourth-order valence-electron chi connectivity index (χ4n) is 2.48. The van der Waals surface area contributed by atoms with Crippen LogP contribution in [-0.2, 0) is 11.3 Å². The third kappa shape index (κ3) is 2.70. The van der Waals surface area contributed by atoms with Crippen LogP contribution in [0.4, 0.5) is 5.69 Å². The summed E-state index contributed by atoms with van der Waals surface area (Å²) in [4.78, 5) is 17.8. The van der Waals surface area contributed by atoms with Crippen LogP contribution < -0.4 is 4.90 Å². The average Bonchev–Trinajstić information content (AvgIpc) is 3.08. The summed E-state index contributed by atoms with van der Waals surface area (Å²) in [6.07, 6.45) is 3.80. The zero-order valence-corrected chi connectivity index (χ0v) is 11.9. The van der Waals surface area contributed by atoms with Crippen LogP contribution in [0.2, 0.25) is 0 Å². The number of hydrogen-bond donors (Lipinski definition) is 1. The number of carbonyl (C=O) groups excluding carboxylic acids is 1. The van der Waals surface area contributed by atoms with Gasteiger partial charge in [0.15, 0.2) is 0 Å². The molecule has 2 heterocycles. The highest BCUT2D eigenvalue weighted by molar-refractivity contribution is 7.80. The second-order valence-corrected chi connectivity index (χ2v) is 5.39. The van der Waals surface area contributed by atoms with Crippen LogP contribution >= 0.6 is 12.6 Å². The van der Waals surface area contributed by atoms with E-state index in [4.69, 9.17) is 0 Å². The Labute approximate surface area is 123 Å². The zero-order chi connectivity index (χ0) is 13.9. The number of anilines is 1. The van der Waals surface area contributed by atoms with Gasteiger partial charge in [-0.1, -0.05) is 12.1 Å². The van der Waals surface area contributed by atoms with Gasteiger partial charge in [-0.25, -0.2) is 9.67 Å². The molecule has 104 valence electrons. The van der Waals surface area contributed by atoms with Gasteiger partial charge in [-0.3, -0.25) is 4.79 Å². The van der Waals surface area contributed by atoms with Gasteiger partial charge in [-0.2, -0.15) is 17.7 Å². The molecule has 1 atom stereocenters. The summed E-state index contributed by atoms with van der Waals surface area (Å²) in [5.41, 5.74) is 2.06. The van der Waals surface area contributed by atoms with Crippen LogP contribution in [0.5, 0.6) is 0 Å². The number of nitrogens with zero attached hydrogens (tertiary/aromatic N) is 4. The molecule has 1 saturated heterocycles. The van der Waals surface area contributed by atoms with Crippen molar-refractivity contribution in [1.82, 2.24) is 14.8 Å². The molecule has 0 N–H and O–H groups in total. The first kappa shape index (κ1) is 13.2. The van der Waals surface area contributed by atoms with Crippen molar-refractivity contribution in [2.24, 2.45) is 5.92 Å². The molecule has 0 radical (unpaired) electrons. The standard InChI is InChI=1S/C14H16N4OS/c19-14-5-12(8-20)7-18(14)13-3-1-2-11(4-13)6-17-10-15-9-16-17/h1-4,9-10,12,20H,5-8H2. The number of benzene rings is 1. The van der Waals surface area contributed by atoms with E-state index >= 15 is 0 Å². The summed E-state index contributed by atoms with van der Waals surface area (Å²) in [5.74, 6) is 1.28. The van der Waals surface area contributed by atoms with Gasteiger partial charge in [0.1, 0.15) is 12.7 Å². The maximum absolute atomic E-state index is 12.0. The zero-order valence-electron chi connectivity index (χ0n) is 11.0. The summed E-state index contributed by atoms with van der Waals surface area (Å²) in [6.45, 7) is 1.42. The smallest absolute Gasteiger partial charge is 0.227 e. The van der Waals surface area contributed by atoms with Crippen molar-refractivity contribution in [2.45, 2.75) is 13.0 Å². The maximum atomic E-state index is 12.0. The minimum absolute atomic E-state index is 0.182. The Morgan fingerprint density at radius 2 is 2.30 bits per heavy atom. The Morgan fingerprint density at radius 3 is 3.00 bits per heavy atom. The van der Waals surface area contributed by atoms with Crippen molar-refractivity contribution in [3.05, 3.63) is 42.5 Å². The van der Waals surface area contributed by atoms with E-state index in [1.807, 2.05) is 29.2 Å². The number of rotatable bonds is 4. The maximum Gasteiger partial charge on any atom is 0.227 e. The van der Waals surface area contributed by atoms with E-state index in [0.717, 1.165) is 23.5 Å². The summed E-state index contributed by atoms with van der Waals surface area (Å²) >= 11 is 4.29. The number of aromatic nitrogens is 3. The van der Waals surface area contributed by atoms with Crippen molar-refractivity contribution in [3.8, 4) is 0 Å². The molecule has 5 nitrogen and oxygen atoms in total. The van der Waals surface area contributed by atoms with E-state index in [1.54, 1.807) is 11.0 Å². The van der Waals surface area contributed by atoms with Gasteiger partial charge in [0, 0.05) is 18.7 Å². The molecule has 1 fully saturated rings. The van der Waals surface area contributed by atoms with E-state index in [1.165, 1.54) is 6.33 Å². The van der Waals surface area contributed by atoms with Gasteiger partial charge >= 0.3 is 0 Å². The first-order valence-electron chi connectivity index (χ1n) is 6.59. The monoisotopic (exact) mass is 288 g/mol. The summed E-state index contributed by atoms with van der Waals surface area (Å²) in [7, 11) is 0. The highest BCUT2D eigenvalue weighted by Crippen LogP contribution is 2.26. The van der Waals surface area contributed by atoms with Gasteiger partial charge in [-0.15, -0.1) is 0 Å². The lowest BCUT2D eigenvalue weighted by Crippen LogP contribution is -2.24. The van der Waals surface area contributed by atoms with E-state index in [9.17, 15) is 4.79 Å². The lowest BCUT2D eigenvalue weighted by molar-refractivity contribution is -0.117. The summed E-state index contributed by atoms with van der Waals surface area (Å²) in [6, 6.07) is 8.02. The molecule has 1 aliphatic heterocycles. The number of thiol groups is 1. The van der Waals surface area contributed by atoms with E-state index in [2.05, 4.69) is 22.7 Å². The molecule has 6 heteroatoms. The molecule has 3 rings (SSSR count). The Hall–Kier alpha value is -1.82. The molecule has 1 amide bonds. The van der Waals surface area contributed by atoms with E-state index < -0.39 is 0 Å². The highest BCUT2D eigenvalue weighted by Gasteiger charge is 2.29. The van der Waals surface area contributed by atoms with E-state index in [-0.39, 0.29) is 5.91 Å². The van der Waals surface area contributed by atoms with Gasteiger partial charge in [-0.05, 0) is 29.4 Å². The van der Waals surface area contributed by atoms with Crippen molar-refractivity contribution in [1.29, 1.82) is 0 Å². The second-order valence-electron chi connectivity index (χ2n) is 5.02. The van der Waals surface area contributed by atoms with Gasteiger partial charge in [0.25, 0.3) is 0 Å². The van der Waals surface area contributed by atoms with Crippen LogP contribution in [0.25, 0.3) is 0 Å². The number of amides is 1. The molecular weight excluding hydrogens is 272 g/mol. The normalized spacial score (nSPS) is 18.8. The fourth-order valence-corrected chi connectivity index (χ4v) is 2.72. The predicted molar refractivity (Wildman–Crippen MR) is 79.9 cm³/mol. The minimum Gasteiger partial charge on any atom is -0.312 e. The van der Waals surface area contributed by atoms with Crippen LogP contribution in [-0.4, -0.2) is 33.0 Å². The molecule has 0 aliphatic carbocycles. The first-order valence-corrected chi connectivity index (χ1v) is 7.22. The average molecular weight is 288 g/mol. The largest absolute Gasteiger partial charge is 0.312 e. The Kier molecular flexibility index (Phi) is 3.73. The van der Waals surface area contributed by atoms with Gasteiger partial charge in [0.05, 0.1) is 6.54 Å². The molecule has 0 saturated carbocycles. The SMILES string of the molecule is O=C1CC(CS)CN1c1cccc(Cn2cncn2)c1. The van der Waals surface area contributed by atoms with E-state index in [0.29, 0.717) is 18.9 Å². The van der Waals surface area contributed by atoms with Crippen LogP contribution in [0.3, 0.4) is 0 Å².